The molecule has 5 nitrogen and oxygen atoms in total. The second-order valence-corrected chi connectivity index (χ2v) is 6.90. The van der Waals surface area contributed by atoms with E-state index in [4.69, 9.17) is 22.1 Å². The minimum atomic E-state index is -1.08. The molecule has 0 aliphatic rings. The largest absolute Gasteiger partial charge is 0.496 e. The second kappa shape index (κ2) is 8.94. The first-order chi connectivity index (χ1) is 13.9. The van der Waals surface area contributed by atoms with Crippen molar-refractivity contribution < 1.29 is 19.0 Å². The minimum Gasteiger partial charge on any atom is -0.496 e. The number of halogens is 2. The number of primary amides is 1. The lowest BCUT2D eigenvalue weighted by Crippen LogP contribution is -2.19. The number of ether oxygens (including phenoxy) is 1. The molecule has 0 saturated heterocycles. The van der Waals surface area contributed by atoms with Crippen LogP contribution in [0.15, 0.2) is 60.7 Å². The molecule has 1 unspecified atom stereocenters. The van der Waals surface area contributed by atoms with E-state index in [0.29, 0.717) is 22.0 Å². The van der Waals surface area contributed by atoms with Gasteiger partial charge in [-0.2, -0.15) is 0 Å². The molecule has 4 N–H and O–H groups in total. The average molecular weight is 415 g/mol. The van der Waals surface area contributed by atoms with Gasteiger partial charge >= 0.3 is 6.03 Å². The summed E-state index contributed by atoms with van der Waals surface area (Å²) in [6.45, 7) is 0. The molecule has 150 valence electrons. The molecule has 29 heavy (non-hydrogen) atoms. The van der Waals surface area contributed by atoms with Gasteiger partial charge in [0.05, 0.1) is 18.8 Å². The van der Waals surface area contributed by atoms with Crippen molar-refractivity contribution in [3.8, 4) is 16.9 Å². The zero-order chi connectivity index (χ0) is 21.0. The lowest BCUT2D eigenvalue weighted by atomic mass is 9.95. The zero-order valence-corrected chi connectivity index (χ0v) is 16.4. The molecule has 3 rings (SSSR count). The van der Waals surface area contributed by atoms with Crippen molar-refractivity contribution in [1.82, 2.24) is 0 Å². The molecule has 0 spiro atoms. The number of hydrogen-bond donors (Lipinski definition) is 3. The van der Waals surface area contributed by atoms with Crippen LogP contribution in [0.1, 0.15) is 17.2 Å². The Morgan fingerprint density at radius 3 is 2.55 bits per heavy atom. The van der Waals surface area contributed by atoms with E-state index in [1.54, 1.807) is 54.6 Å². The Kier molecular flexibility index (Phi) is 6.36. The van der Waals surface area contributed by atoms with E-state index in [1.165, 1.54) is 13.2 Å². The molecule has 0 aliphatic carbocycles. The summed E-state index contributed by atoms with van der Waals surface area (Å²) in [6, 6.07) is 16.0. The number of methoxy groups -OCH3 is 1. The van der Waals surface area contributed by atoms with Crippen molar-refractivity contribution in [2.75, 3.05) is 12.4 Å². The Hall–Kier alpha value is -3.09. The van der Waals surface area contributed by atoms with Gasteiger partial charge in [-0.05, 0) is 47.5 Å². The van der Waals surface area contributed by atoms with E-state index in [2.05, 4.69) is 5.32 Å². The molecular weight excluding hydrogens is 395 g/mol. The highest BCUT2D eigenvalue weighted by Crippen LogP contribution is 2.37. The van der Waals surface area contributed by atoms with E-state index in [9.17, 15) is 9.90 Å². The van der Waals surface area contributed by atoms with Crippen LogP contribution in [0.3, 0.4) is 0 Å². The van der Waals surface area contributed by atoms with Crippen molar-refractivity contribution >= 4 is 23.3 Å². The predicted molar refractivity (Wildman–Crippen MR) is 112 cm³/mol. The average Bonchev–Trinajstić information content (AvgIpc) is 2.68. The van der Waals surface area contributed by atoms with E-state index in [0.717, 1.165) is 5.56 Å². The van der Waals surface area contributed by atoms with Crippen LogP contribution in [-0.2, 0) is 6.42 Å². The highest BCUT2D eigenvalue weighted by Gasteiger charge is 2.21. The fourth-order valence-electron chi connectivity index (χ4n) is 3.11. The molecule has 2 amide bonds. The number of nitrogens with one attached hydrogen (secondary N) is 1. The summed E-state index contributed by atoms with van der Waals surface area (Å²) >= 11 is 6.05. The van der Waals surface area contributed by atoms with Gasteiger partial charge in [0.1, 0.15) is 11.6 Å². The first kappa shape index (κ1) is 20.6. The van der Waals surface area contributed by atoms with Crippen molar-refractivity contribution in [2.24, 2.45) is 5.73 Å². The maximum Gasteiger partial charge on any atom is 0.316 e. The third-order valence-electron chi connectivity index (χ3n) is 4.48. The van der Waals surface area contributed by atoms with Gasteiger partial charge in [0.25, 0.3) is 0 Å². The van der Waals surface area contributed by atoms with E-state index >= 15 is 4.39 Å². The number of hydrogen-bond acceptors (Lipinski definition) is 3. The van der Waals surface area contributed by atoms with Crippen molar-refractivity contribution in [3.05, 3.63) is 82.6 Å². The Balaban J connectivity index is 1.90. The Bertz CT molecular complexity index is 1030. The maximum atomic E-state index is 15.4. The first-order valence-corrected chi connectivity index (χ1v) is 9.22. The monoisotopic (exact) mass is 414 g/mol. The summed E-state index contributed by atoms with van der Waals surface area (Å²) in [4.78, 5) is 10.9. The van der Waals surface area contributed by atoms with Crippen molar-refractivity contribution in [1.29, 1.82) is 0 Å². The normalized spacial score (nSPS) is 11.7. The number of amides is 2. The molecule has 0 bridgehead atoms. The summed E-state index contributed by atoms with van der Waals surface area (Å²) < 4.78 is 20.7. The van der Waals surface area contributed by atoms with Gasteiger partial charge in [0.2, 0.25) is 0 Å². The van der Waals surface area contributed by atoms with Crippen molar-refractivity contribution in [3.63, 3.8) is 0 Å². The highest BCUT2D eigenvalue weighted by atomic mass is 35.5. The van der Waals surface area contributed by atoms with Gasteiger partial charge in [-0.3, -0.25) is 0 Å². The van der Waals surface area contributed by atoms with Crippen LogP contribution in [-0.4, -0.2) is 18.2 Å². The van der Waals surface area contributed by atoms with Crippen LogP contribution in [0, 0.1) is 5.82 Å². The van der Waals surface area contributed by atoms with Crippen molar-refractivity contribution in [2.45, 2.75) is 12.5 Å². The number of urea groups is 1. The molecule has 0 radical (unpaired) electrons. The van der Waals surface area contributed by atoms with Crippen LogP contribution in [0.4, 0.5) is 14.9 Å². The smallest absolute Gasteiger partial charge is 0.316 e. The molecular formula is C22H20ClFN2O3. The fraction of sp³-hybridized carbons (Fsp3) is 0.136. The molecule has 0 heterocycles. The Morgan fingerprint density at radius 2 is 1.93 bits per heavy atom. The molecule has 7 heteroatoms. The van der Waals surface area contributed by atoms with Crippen LogP contribution in [0.25, 0.3) is 11.1 Å². The number of carbonyl (C=O) groups is 1. The highest BCUT2D eigenvalue weighted by molar-refractivity contribution is 6.30. The molecule has 0 aliphatic heterocycles. The Labute approximate surface area is 172 Å². The molecule has 3 aromatic carbocycles. The molecule has 0 fully saturated rings. The third-order valence-corrected chi connectivity index (χ3v) is 4.71. The fourth-order valence-corrected chi connectivity index (χ4v) is 3.30. The quantitative estimate of drug-likeness (QED) is 0.535. The van der Waals surface area contributed by atoms with Crippen LogP contribution in [0.2, 0.25) is 5.02 Å². The van der Waals surface area contributed by atoms with Crippen LogP contribution < -0.4 is 15.8 Å². The van der Waals surface area contributed by atoms with Gasteiger partial charge < -0.3 is 20.9 Å². The van der Waals surface area contributed by atoms with Crippen LogP contribution >= 0.6 is 11.6 Å². The zero-order valence-electron chi connectivity index (χ0n) is 15.7. The molecule has 0 saturated carbocycles. The number of nitrogens with two attached hydrogens (primary N) is 1. The number of carbonyl (C=O) groups excluding carboxylic acids is 1. The van der Waals surface area contributed by atoms with Gasteiger partial charge in [-0.1, -0.05) is 35.9 Å². The van der Waals surface area contributed by atoms with Crippen LogP contribution in [0.5, 0.6) is 5.75 Å². The van der Waals surface area contributed by atoms with Gasteiger partial charge in [-0.15, -0.1) is 0 Å². The SMILES string of the molecule is COc1ccc(C(O)Cc2ccc(NC(N)=O)cc2)c(F)c1-c1cccc(Cl)c1. The van der Waals surface area contributed by atoms with Gasteiger partial charge in [-0.25, -0.2) is 9.18 Å². The number of anilines is 1. The summed E-state index contributed by atoms with van der Waals surface area (Å²) in [5.41, 5.74) is 7.34. The van der Waals surface area contributed by atoms with E-state index < -0.39 is 18.0 Å². The van der Waals surface area contributed by atoms with Gasteiger partial charge in [0, 0.05) is 22.7 Å². The van der Waals surface area contributed by atoms with E-state index in [-0.39, 0.29) is 17.5 Å². The first-order valence-electron chi connectivity index (χ1n) is 8.85. The minimum absolute atomic E-state index is 0.153. The van der Waals surface area contributed by atoms with Gasteiger partial charge in [0.15, 0.2) is 0 Å². The number of rotatable bonds is 6. The van der Waals surface area contributed by atoms with E-state index in [1.807, 2.05) is 0 Å². The number of aliphatic hydroxyl groups is 1. The number of benzene rings is 3. The second-order valence-electron chi connectivity index (χ2n) is 6.46. The predicted octanol–water partition coefficient (Wildman–Crippen LogP) is 4.92. The summed E-state index contributed by atoms with van der Waals surface area (Å²) in [6.07, 6.45) is -0.886. The maximum absolute atomic E-state index is 15.4. The summed E-state index contributed by atoms with van der Waals surface area (Å²) in [7, 11) is 1.46. The number of aliphatic hydroxyl groups excluding tert-OH is 1. The third kappa shape index (κ3) is 4.85. The lowest BCUT2D eigenvalue weighted by Gasteiger charge is -2.17. The molecule has 0 aromatic heterocycles. The standard InChI is InChI=1S/C22H20ClFN2O3/c1-29-19-10-9-17(21(24)20(19)14-3-2-4-15(23)12-14)18(27)11-13-5-7-16(8-6-13)26-22(25)28/h2-10,12,18,27H,11H2,1H3,(H3,25,26,28). The Morgan fingerprint density at radius 1 is 1.21 bits per heavy atom. The lowest BCUT2D eigenvalue weighted by molar-refractivity contribution is 0.173. The molecule has 1 atom stereocenters. The summed E-state index contributed by atoms with van der Waals surface area (Å²) in [5, 5.41) is 13.6. The summed E-state index contributed by atoms with van der Waals surface area (Å²) in [5.74, 6) is -0.214. The topological polar surface area (TPSA) is 84.6 Å². The molecule has 3 aromatic rings.